The maximum Gasteiger partial charge on any atom is 0.330 e. The zero-order chi connectivity index (χ0) is 12.4. The van der Waals surface area contributed by atoms with Crippen molar-refractivity contribution in [2.45, 2.75) is 58.4 Å². The molecule has 3 heteroatoms. The van der Waals surface area contributed by atoms with E-state index in [4.69, 9.17) is 10.5 Å². The molecule has 0 unspecified atom stereocenters. The van der Waals surface area contributed by atoms with E-state index in [2.05, 4.69) is 0 Å². The standard InChI is InChI=1S/C13H25NO2/c1-4-9-12(15)16-11-8-6-5-7-10-13(2,3)14/h4,9H,5-8,10-11,14H2,1-3H3. The maximum atomic E-state index is 10.9. The number of rotatable bonds is 8. The lowest BCUT2D eigenvalue weighted by molar-refractivity contribution is -0.137. The van der Waals surface area contributed by atoms with Gasteiger partial charge in [-0.1, -0.05) is 25.3 Å². The van der Waals surface area contributed by atoms with Crippen molar-refractivity contribution in [1.82, 2.24) is 0 Å². The SMILES string of the molecule is CC=CC(=O)OCCCCCCC(C)(C)N. The number of hydrogen-bond donors (Lipinski definition) is 1. The third-order valence-electron chi connectivity index (χ3n) is 2.26. The van der Waals surface area contributed by atoms with Crippen molar-refractivity contribution in [2.24, 2.45) is 5.73 Å². The van der Waals surface area contributed by atoms with Crippen molar-refractivity contribution in [3.8, 4) is 0 Å². The average Bonchev–Trinajstić information content (AvgIpc) is 2.15. The van der Waals surface area contributed by atoms with Crippen LogP contribution in [0.5, 0.6) is 0 Å². The van der Waals surface area contributed by atoms with Crippen molar-refractivity contribution in [2.75, 3.05) is 6.61 Å². The number of unbranched alkanes of at least 4 members (excludes halogenated alkanes) is 3. The molecule has 0 aliphatic rings. The lowest BCUT2D eigenvalue weighted by atomic mass is 9.98. The number of carbonyl (C=O) groups is 1. The van der Waals surface area contributed by atoms with E-state index in [1.165, 1.54) is 6.08 Å². The molecule has 0 rings (SSSR count). The van der Waals surface area contributed by atoms with E-state index >= 15 is 0 Å². The van der Waals surface area contributed by atoms with Gasteiger partial charge in [-0.15, -0.1) is 0 Å². The Bertz CT molecular complexity index is 216. The van der Waals surface area contributed by atoms with Crippen LogP contribution < -0.4 is 5.73 Å². The third-order valence-corrected chi connectivity index (χ3v) is 2.26. The molecule has 0 saturated carbocycles. The van der Waals surface area contributed by atoms with E-state index in [9.17, 15) is 4.79 Å². The van der Waals surface area contributed by atoms with Gasteiger partial charge in [0.05, 0.1) is 6.61 Å². The van der Waals surface area contributed by atoms with Crippen LogP contribution in [-0.2, 0) is 9.53 Å². The summed E-state index contributed by atoms with van der Waals surface area (Å²) in [6.45, 7) is 6.42. The first-order valence-electron chi connectivity index (χ1n) is 6.04. The summed E-state index contributed by atoms with van der Waals surface area (Å²) in [5.41, 5.74) is 5.82. The Morgan fingerprint density at radius 1 is 1.25 bits per heavy atom. The van der Waals surface area contributed by atoms with Crippen molar-refractivity contribution >= 4 is 5.97 Å². The lowest BCUT2D eigenvalue weighted by Crippen LogP contribution is -2.31. The van der Waals surface area contributed by atoms with Gasteiger partial charge < -0.3 is 10.5 Å². The van der Waals surface area contributed by atoms with E-state index in [0.29, 0.717) is 6.61 Å². The van der Waals surface area contributed by atoms with Gasteiger partial charge in [-0.3, -0.25) is 0 Å². The number of hydrogen-bond acceptors (Lipinski definition) is 3. The molecule has 0 amide bonds. The summed E-state index contributed by atoms with van der Waals surface area (Å²) in [6.07, 6.45) is 8.51. The van der Waals surface area contributed by atoms with Crippen LogP contribution in [-0.4, -0.2) is 18.1 Å². The topological polar surface area (TPSA) is 52.3 Å². The van der Waals surface area contributed by atoms with Crippen molar-refractivity contribution < 1.29 is 9.53 Å². The largest absolute Gasteiger partial charge is 0.463 e. The number of carbonyl (C=O) groups excluding carboxylic acids is 1. The predicted molar refractivity (Wildman–Crippen MR) is 67.1 cm³/mol. The summed E-state index contributed by atoms with van der Waals surface area (Å²) in [6, 6.07) is 0. The second-order valence-corrected chi connectivity index (χ2v) is 4.82. The summed E-state index contributed by atoms with van der Waals surface area (Å²) >= 11 is 0. The Balaban J connectivity index is 3.25. The molecule has 2 N–H and O–H groups in total. The monoisotopic (exact) mass is 227 g/mol. The quantitative estimate of drug-likeness (QED) is 0.394. The van der Waals surface area contributed by atoms with Gasteiger partial charge in [0, 0.05) is 11.6 Å². The minimum Gasteiger partial charge on any atom is -0.463 e. The molecule has 0 atom stereocenters. The Kier molecular flexibility index (Phi) is 7.90. The van der Waals surface area contributed by atoms with Gasteiger partial charge in [0.25, 0.3) is 0 Å². The maximum absolute atomic E-state index is 10.9. The second kappa shape index (κ2) is 8.34. The minimum atomic E-state index is -0.245. The number of ether oxygens (including phenoxy) is 1. The summed E-state index contributed by atoms with van der Waals surface area (Å²) in [5.74, 6) is -0.245. The predicted octanol–water partition coefficient (Wildman–Crippen LogP) is 2.79. The molecular weight excluding hydrogens is 202 g/mol. The molecule has 0 aromatic heterocycles. The minimum absolute atomic E-state index is 0.0572. The molecule has 0 aromatic carbocycles. The lowest BCUT2D eigenvalue weighted by Gasteiger charge is -2.17. The van der Waals surface area contributed by atoms with Crippen molar-refractivity contribution in [1.29, 1.82) is 0 Å². The summed E-state index contributed by atoms with van der Waals surface area (Å²) < 4.78 is 4.98. The smallest absolute Gasteiger partial charge is 0.330 e. The Morgan fingerprint density at radius 3 is 2.44 bits per heavy atom. The third kappa shape index (κ3) is 11.2. The number of allylic oxidation sites excluding steroid dienone is 1. The molecule has 0 aromatic rings. The fraction of sp³-hybridized carbons (Fsp3) is 0.769. The van der Waals surface area contributed by atoms with Crippen LogP contribution >= 0.6 is 0 Å². The molecule has 0 heterocycles. The van der Waals surface area contributed by atoms with Gasteiger partial charge in [0.1, 0.15) is 0 Å². The molecule has 0 radical (unpaired) electrons. The molecule has 0 spiro atoms. The zero-order valence-corrected chi connectivity index (χ0v) is 10.8. The van der Waals surface area contributed by atoms with E-state index < -0.39 is 0 Å². The van der Waals surface area contributed by atoms with Crippen molar-refractivity contribution in [3.05, 3.63) is 12.2 Å². The highest BCUT2D eigenvalue weighted by atomic mass is 16.5. The zero-order valence-electron chi connectivity index (χ0n) is 10.8. The average molecular weight is 227 g/mol. The molecule has 0 fully saturated rings. The Morgan fingerprint density at radius 2 is 1.88 bits per heavy atom. The van der Waals surface area contributed by atoms with E-state index in [1.54, 1.807) is 13.0 Å². The Hall–Kier alpha value is -0.830. The van der Waals surface area contributed by atoms with Crippen molar-refractivity contribution in [3.63, 3.8) is 0 Å². The van der Waals surface area contributed by atoms with E-state index in [0.717, 1.165) is 32.1 Å². The van der Waals surface area contributed by atoms with Gasteiger partial charge in [0.2, 0.25) is 0 Å². The highest BCUT2D eigenvalue weighted by Gasteiger charge is 2.08. The van der Waals surface area contributed by atoms with Crippen LogP contribution in [0.3, 0.4) is 0 Å². The molecule has 3 nitrogen and oxygen atoms in total. The van der Waals surface area contributed by atoms with Gasteiger partial charge in [-0.05, 0) is 33.6 Å². The Labute approximate surface area is 99.0 Å². The highest BCUT2D eigenvalue weighted by molar-refractivity contribution is 5.81. The van der Waals surface area contributed by atoms with Gasteiger partial charge in [-0.25, -0.2) is 4.79 Å². The van der Waals surface area contributed by atoms with E-state index in [-0.39, 0.29) is 11.5 Å². The first-order valence-corrected chi connectivity index (χ1v) is 6.04. The number of nitrogens with two attached hydrogens (primary N) is 1. The van der Waals surface area contributed by atoms with Crippen LogP contribution in [0.25, 0.3) is 0 Å². The van der Waals surface area contributed by atoms with Gasteiger partial charge in [0.15, 0.2) is 0 Å². The fourth-order valence-electron chi connectivity index (χ4n) is 1.39. The molecule has 0 aliphatic carbocycles. The highest BCUT2D eigenvalue weighted by Crippen LogP contribution is 2.11. The second-order valence-electron chi connectivity index (χ2n) is 4.82. The normalized spacial score (nSPS) is 12.0. The van der Waals surface area contributed by atoms with Gasteiger partial charge >= 0.3 is 5.97 Å². The molecular formula is C13H25NO2. The molecule has 94 valence electrons. The summed E-state index contributed by atoms with van der Waals surface area (Å²) in [7, 11) is 0. The molecule has 16 heavy (non-hydrogen) atoms. The van der Waals surface area contributed by atoms with Crippen LogP contribution in [0.4, 0.5) is 0 Å². The van der Waals surface area contributed by atoms with Crippen LogP contribution in [0.15, 0.2) is 12.2 Å². The van der Waals surface area contributed by atoms with Crippen LogP contribution in [0.2, 0.25) is 0 Å². The molecule has 0 bridgehead atoms. The van der Waals surface area contributed by atoms with Crippen LogP contribution in [0, 0.1) is 0 Å². The first kappa shape index (κ1) is 15.2. The number of esters is 1. The van der Waals surface area contributed by atoms with Crippen LogP contribution in [0.1, 0.15) is 52.9 Å². The van der Waals surface area contributed by atoms with Gasteiger partial charge in [-0.2, -0.15) is 0 Å². The fourth-order valence-corrected chi connectivity index (χ4v) is 1.39. The molecule has 0 aliphatic heterocycles. The molecule has 0 saturated heterocycles. The summed E-state index contributed by atoms with van der Waals surface area (Å²) in [5, 5.41) is 0. The first-order chi connectivity index (χ1) is 7.45. The van der Waals surface area contributed by atoms with E-state index in [1.807, 2.05) is 13.8 Å². The summed E-state index contributed by atoms with van der Waals surface area (Å²) in [4.78, 5) is 10.9.